The highest BCUT2D eigenvalue weighted by molar-refractivity contribution is 5.46. The summed E-state index contributed by atoms with van der Waals surface area (Å²) in [6.07, 6.45) is 0. The van der Waals surface area contributed by atoms with Gasteiger partial charge in [-0.05, 0) is 36.8 Å². The number of ether oxygens (including phenoxy) is 3. The summed E-state index contributed by atoms with van der Waals surface area (Å²) in [6.45, 7) is 2.36. The maximum Gasteiger partial charge on any atom is 0.128 e. The first-order chi connectivity index (χ1) is 10.2. The van der Waals surface area contributed by atoms with Crippen molar-refractivity contribution in [3.8, 4) is 17.2 Å². The fourth-order valence-corrected chi connectivity index (χ4v) is 2.20. The summed E-state index contributed by atoms with van der Waals surface area (Å²) in [5.74, 6) is 2.30. The third kappa shape index (κ3) is 3.67. The van der Waals surface area contributed by atoms with Crippen LogP contribution in [0.1, 0.15) is 24.1 Å². The topological polar surface area (TPSA) is 53.7 Å². The predicted octanol–water partition coefficient (Wildman–Crippen LogP) is 3.30. The van der Waals surface area contributed by atoms with E-state index in [4.69, 9.17) is 19.9 Å². The molecule has 1 atom stereocenters. The molecule has 0 aromatic heterocycles. The fraction of sp³-hybridized carbons (Fsp3) is 0.294. The monoisotopic (exact) mass is 287 g/mol. The van der Waals surface area contributed by atoms with E-state index in [1.807, 2.05) is 49.4 Å². The molecule has 4 heteroatoms. The summed E-state index contributed by atoms with van der Waals surface area (Å²) in [7, 11) is 3.28. The minimum absolute atomic E-state index is 0.165. The lowest BCUT2D eigenvalue weighted by atomic mass is 10.1. The van der Waals surface area contributed by atoms with E-state index in [-0.39, 0.29) is 6.04 Å². The molecular weight excluding hydrogens is 266 g/mol. The summed E-state index contributed by atoms with van der Waals surface area (Å²) in [5.41, 5.74) is 7.94. The normalized spacial score (nSPS) is 11.8. The minimum Gasteiger partial charge on any atom is -0.497 e. The summed E-state index contributed by atoms with van der Waals surface area (Å²) in [4.78, 5) is 0. The van der Waals surface area contributed by atoms with Gasteiger partial charge in [-0.2, -0.15) is 0 Å². The van der Waals surface area contributed by atoms with Crippen molar-refractivity contribution < 1.29 is 14.2 Å². The van der Waals surface area contributed by atoms with Crippen LogP contribution in [-0.4, -0.2) is 14.2 Å². The van der Waals surface area contributed by atoms with Crippen molar-refractivity contribution in [2.75, 3.05) is 14.2 Å². The third-order valence-electron chi connectivity index (χ3n) is 3.23. The molecule has 0 fully saturated rings. The first kappa shape index (κ1) is 15.2. The molecule has 2 aromatic carbocycles. The van der Waals surface area contributed by atoms with Gasteiger partial charge in [0, 0.05) is 6.04 Å². The zero-order chi connectivity index (χ0) is 15.2. The van der Waals surface area contributed by atoms with E-state index in [2.05, 4.69) is 0 Å². The first-order valence-corrected chi connectivity index (χ1v) is 6.84. The maximum atomic E-state index is 6.03. The molecule has 0 bridgehead atoms. The molecule has 0 unspecified atom stereocenters. The molecule has 0 saturated heterocycles. The number of nitrogens with two attached hydrogens (primary N) is 1. The lowest BCUT2D eigenvalue weighted by Crippen LogP contribution is -2.10. The summed E-state index contributed by atoms with van der Waals surface area (Å²) >= 11 is 0. The first-order valence-electron chi connectivity index (χ1n) is 6.84. The van der Waals surface area contributed by atoms with E-state index in [9.17, 15) is 0 Å². The van der Waals surface area contributed by atoms with Gasteiger partial charge in [0.1, 0.15) is 23.9 Å². The summed E-state index contributed by atoms with van der Waals surface area (Å²) in [5, 5.41) is 0. The number of hydrogen-bond donors (Lipinski definition) is 1. The lowest BCUT2D eigenvalue weighted by Gasteiger charge is -2.17. The molecule has 21 heavy (non-hydrogen) atoms. The van der Waals surface area contributed by atoms with Crippen LogP contribution in [0.2, 0.25) is 0 Å². The van der Waals surface area contributed by atoms with Gasteiger partial charge >= 0.3 is 0 Å². The Morgan fingerprint density at radius 3 is 2.38 bits per heavy atom. The molecule has 0 aliphatic heterocycles. The van der Waals surface area contributed by atoms with E-state index in [1.165, 1.54) is 0 Å². The Morgan fingerprint density at radius 1 is 1.00 bits per heavy atom. The third-order valence-corrected chi connectivity index (χ3v) is 3.23. The Labute approximate surface area is 125 Å². The van der Waals surface area contributed by atoms with Crippen LogP contribution >= 0.6 is 0 Å². The van der Waals surface area contributed by atoms with Gasteiger partial charge in [-0.3, -0.25) is 0 Å². The average Bonchev–Trinajstić information content (AvgIpc) is 2.52. The smallest absolute Gasteiger partial charge is 0.128 e. The van der Waals surface area contributed by atoms with Crippen LogP contribution in [0, 0.1) is 0 Å². The Morgan fingerprint density at radius 2 is 1.71 bits per heavy atom. The number of benzene rings is 2. The molecule has 0 amide bonds. The van der Waals surface area contributed by atoms with Gasteiger partial charge in [0.2, 0.25) is 0 Å². The van der Waals surface area contributed by atoms with Crippen molar-refractivity contribution in [1.29, 1.82) is 0 Å². The van der Waals surface area contributed by atoms with E-state index in [0.717, 1.165) is 28.4 Å². The zero-order valence-corrected chi connectivity index (χ0v) is 12.6. The molecule has 2 N–H and O–H groups in total. The van der Waals surface area contributed by atoms with E-state index in [0.29, 0.717) is 6.61 Å². The molecule has 0 heterocycles. The van der Waals surface area contributed by atoms with E-state index >= 15 is 0 Å². The Kier molecular flexibility index (Phi) is 5.06. The van der Waals surface area contributed by atoms with Crippen molar-refractivity contribution in [2.24, 2.45) is 5.73 Å². The van der Waals surface area contributed by atoms with Gasteiger partial charge < -0.3 is 19.9 Å². The van der Waals surface area contributed by atoms with Crippen LogP contribution in [0.25, 0.3) is 0 Å². The van der Waals surface area contributed by atoms with Crippen LogP contribution in [0.15, 0.2) is 42.5 Å². The molecule has 2 rings (SSSR count). The highest BCUT2D eigenvalue weighted by Crippen LogP contribution is 2.33. The second-order valence-corrected chi connectivity index (χ2v) is 4.80. The molecular formula is C17H21NO3. The largest absolute Gasteiger partial charge is 0.497 e. The van der Waals surface area contributed by atoms with Crippen molar-refractivity contribution in [1.82, 2.24) is 0 Å². The molecule has 112 valence electrons. The predicted molar refractivity (Wildman–Crippen MR) is 82.9 cm³/mol. The Bertz CT molecular complexity index is 596. The van der Waals surface area contributed by atoms with Gasteiger partial charge in [0.05, 0.1) is 19.8 Å². The SMILES string of the molecule is COc1cccc(COc2cccc(OC)c2[C@@H](C)N)c1. The molecule has 0 aliphatic carbocycles. The highest BCUT2D eigenvalue weighted by atomic mass is 16.5. The molecule has 0 radical (unpaired) electrons. The van der Waals surface area contributed by atoms with Gasteiger partial charge in [-0.25, -0.2) is 0 Å². The molecule has 0 saturated carbocycles. The minimum atomic E-state index is -0.165. The Hall–Kier alpha value is -2.20. The number of hydrogen-bond acceptors (Lipinski definition) is 4. The molecule has 4 nitrogen and oxygen atoms in total. The number of methoxy groups -OCH3 is 2. The van der Waals surface area contributed by atoms with Crippen molar-refractivity contribution in [2.45, 2.75) is 19.6 Å². The van der Waals surface area contributed by atoms with E-state index < -0.39 is 0 Å². The Balaban J connectivity index is 2.19. The van der Waals surface area contributed by atoms with Crippen LogP contribution < -0.4 is 19.9 Å². The van der Waals surface area contributed by atoms with Gasteiger partial charge in [-0.1, -0.05) is 18.2 Å². The lowest BCUT2D eigenvalue weighted by molar-refractivity contribution is 0.296. The van der Waals surface area contributed by atoms with E-state index in [1.54, 1.807) is 14.2 Å². The van der Waals surface area contributed by atoms with Crippen LogP contribution in [-0.2, 0) is 6.61 Å². The van der Waals surface area contributed by atoms with Crippen LogP contribution in [0.5, 0.6) is 17.2 Å². The molecule has 0 aliphatic rings. The van der Waals surface area contributed by atoms with Crippen molar-refractivity contribution >= 4 is 0 Å². The standard InChI is InChI=1S/C17H21NO3/c1-12(18)17-15(20-3)8-5-9-16(17)21-11-13-6-4-7-14(10-13)19-2/h4-10,12H,11,18H2,1-3H3/t12-/m1/s1. The van der Waals surface area contributed by atoms with Gasteiger partial charge in [-0.15, -0.1) is 0 Å². The van der Waals surface area contributed by atoms with Crippen LogP contribution in [0.3, 0.4) is 0 Å². The average molecular weight is 287 g/mol. The van der Waals surface area contributed by atoms with Crippen molar-refractivity contribution in [3.05, 3.63) is 53.6 Å². The fourth-order valence-electron chi connectivity index (χ4n) is 2.20. The van der Waals surface area contributed by atoms with Crippen LogP contribution in [0.4, 0.5) is 0 Å². The van der Waals surface area contributed by atoms with Gasteiger partial charge in [0.15, 0.2) is 0 Å². The highest BCUT2D eigenvalue weighted by Gasteiger charge is 2.14. The second kappa shape index (κ2) is 6.99. The quantitative estimate of drug-likeness (QED) is 0.885. The van der Waals surface area contributed by atoms with Gasteiger partial charge in [0.25, 0.3) is 0 Å². The zero-order valence-electron chi connectivity index (χ0n) is 12.6. The summed E-state index contributed by atoms with van der Waals surface area (Å²) < 4.78 is 16.5. The molecule has 0 spiro atoms. The van der Waals surface area contributed by atoms with Crippen molar-refractivity contribution in [3.63, 3.8) is 0 Å². The maximum absolute atomic E-state index is 6.03. The second-order valence-electron chi connectivity index (χ2n) is 4.80. The molecule has 2 aromatic rings. The summed E-state index contributed by atoms with van der Waals surface area (Å²) in [6, 6.07) is 13.3. The number of rotatable bonds is 6.